The van der Waals surface area contributed by atoms with Gasteiger partial charge in [-0.2, -0.15) is 0 Å². The van der Waals surface area contributed by atoms with E-state index in [1.807, 2.05) is 30.5 Å². The van der Waals surface area contributed by atoms with Crippen molar-refractivity contribution < 1.29 is 4.79 Å². The summed E-state index contributed by atoms with van der Waals surface area (Å²) in [5.74, 6) is 0.0673. The summed E-state index contributed by atoms with van der Waals surface area (Å²) in [4.78, 5) is 22.1. The molecule has 1 amide bonds. The lowest BCUT2D eigenvalue weighted by Crippen LogP contribution is -2.49. The second kappa shape index (κ2) is 8.58. The molecule has 7 heteroatoms. The van der Waals surface area contributed by atoms with Crippen LogP contribution in [0.5, 0.6) is 0 Å². The second-order valence-corrected chi connectivity index (χ2v) is 7.66. The number of pyridine rings is 1. The van der Waals surface area contributed by atoms with Gasteiger partial charge in [0.05, 0.1) is 23.1 Å². The fourth-order valence-electron chi connectivity index (χ4n) is 2.72. The number of carbonyl (C=O) groups excluding carboxylic acids is 1. The van der Waals surface area contributed by atoms with Gasteiger partial charge in [0.1, 0.15) is 0 Å². The normalized spacial score (nSPS) is 16.2. The van der Waals surface area contributed by atoms with Crippen LogP contribution >= 0.6 is 22.9 Å². The van der Waals surface area contributed by atoms with E-state index in [9.17, 15) is 4.79 Å². The molecule has 2 aromatic rings. The minimum atomic E-state index is 0.0673. The summed E-state index contributed by atoms with van der Waals surface area (Å²) >= 11 is 7.39. The lowest BCUT2D eigenvalue weighted by molar-refractivity contribution is -0.122. The van der Waals surface area contributed by atoms with E-state index in [0.29, 0.717) is 13.1 Å². The number of piperazine rings is 1. The van der Waals surface area contributed by atoms with Crippen molar-refractivity contribution in [3.05, 3.63) is 51.4 Å². The first kappa shape index (κ1) is 17.4. The summed E-state index contributed by atoms with van der Waals surface area (Å²) in [7, 11) is 0. The van der Waals surface area contributed by atoms with Gasteiger partial charge >= 0.3 is 0 Å². The highest BCUT2D eigenvalue weighted by Gasteiger charge is 2.19. The van der Waals surface area contributed by atoms with Crippen LogP contribution in [-0.2, 0) is 17.9 Å². The summed E-state index contributed by atoms with van der Waals surface area (Å²) in [6.07, 6.45) is 1.83. The molecule has 0 bridgehead atoms. The van der Waals surface area contributed by atoms with Gasteiger partial charge in [-0.1, -0.05) is 17.7 Å². The molecule has 1 fully saturated rings. The summed E-state index contributed by atoms with van der Waals surface area (Å²) in [6, 6.07) is 9.81. The van der Waals surface area contributed by atoms with Crippen LogP contribution in [0.3, 0.4) is 0 Å². The quantitative estimate of drug-likeness (QED) is 0.854. The Labute approximate surface area is 151 Å². The zero-order valence-corrected chi connectivity index (χ0v) is 15.0. The van der Waals surface area contributed by atoms with Crippen molar-refractivity contribution in [2.24, 2.45) is 0 Å². The summed E-state index contributed by atoms with van der Waals surface area (Å²) < 4.78 is 0.753. The Morgan fingerprint density at radius 3 is 2.62 bits per heavy atom. The zero-order valence-electron chi connectivity index (χ0n) is 13.4. The standard InChI is InChI=1S/C17H21ClN4OS/c18-16-5-4-15(24-16)11-20-17(23)13-22-9-7-21(8-10-22)12-14-3-1-2-6-19-14/h1-6H,7-13H2,(H,20,23). The molecule has 0 atom stereocenters. The maximum Gasteiger partial charge on any atom is 0.234 e. The van der Waals surface area contributed by atoms with Gasteiger partial charge < -0.3 is 5.32 Å². The monoisotopic (exact) mass is 364 g/mol. The first-order valence-electron chi connectivity index (χ1n) is 8.04. The van der Waals surface area contributed by atoms with Gasteiger partial charge in [-0.25, -0.2) is 0 Å². The maximum atomic E-state index is 12.1. The smallest absolute Gasteiger partial charge is 0.234 e. The van der Waals surface area contributed by atoms with Crippen molar-refractivity contribution in [2.45, 2.75) is 13.1 Å². The number of hydrogen-bond donors (Lipinski definition) is 1. The molecule has 1 aliphatic rings. The lowest BCUT2D eigenvalue weighted by atomic mass is 10.2. The number of nitrogens with one attached hydrogen (secondary N) is 1. The number of halogens is 1. The number of nitrogens with zero attached hydrogens (tertiary/aromatic N) is 3. The van der Waals surface area contributed by atoms with E-state index in [-0.39, 0.29) is 5.91 Å². The summed E-state index contributed by atoms with van der Waals surface area (Å²) in [6.45, 7) is 5.62. The first-order chi connectivity index (χ1) is 11.7. The Morgan fingerprint density at radius 1 is 1.17 bits per heavy atom. The molecule has 1 aliphatic heterocycles. The topological polar surface area (TPSA) is 48.5 Å². The third kappa shape index (κ3) is 5.27. The summed E-state index contributed by atoms with van der Waals surface area (Å²) in [5.41, 5.74) is 1.10. The number of hydrogen-bond acceptors (Lipinski definition) is 5. The van der Waals surface area contributed by atoms with Crippen LogP contribution in [0.25, 0.3) is 0 Å². The SMILES string of the molecule is O=C(CN1CCN(Cc2ccccn2)CC1)NCc1ccc(Cl)s1. The second-order valence-electron chi connectivity index (χ2n) is 5.86. The molecule has 3 heterocycles. The highest BCUT2D eigenvalue weighted by atomic mass is 35.5. The molecular weight excluding hydrogens is 344 g/mol. The summed E-state index contributed by atoms with van der Waals surface area (Å²) in [5, 5.41) is 2.96. The average molecular weight is 365 g/mol. The van der Waals surface area contributed by atoms with Crippen LogP contribution in [0.2, 0.25) is 4.34 Å². The highest BCUT2D eigenvalue weighted by Crippen LogP contribution is 2.20. The van der Waals surface area contributed by atoms with Gasteiger partial charge in [0.2, 0.25) is 5.91 Å². The largest absolute Gasteiger partial charge is 0.350 e. The van der Waals surface area contributed by atoms with Crippen molar-refractivity contribution in [3.8, 4) is 0 Å². The molecule has 1 saturated heterocycles. The van der Waals surface area contributed by atoms with Crippen LogP contribution in [-0.4, -0.2) is 53.4 Å². The number of aromatic nitrogens is 1. The average Bonchev–Trinajstić information content (AvgIpc) is 3.01. The molecule has 0 aromatic carbocycles. The molecule has 0 saturated carbocycles. The van der Waals surface area contributed by atoms with E-state index in [4.69, 9.17) is 11.6 Å². The van der Waals surface area contributed by atoms with Crippen LogP contribution in [0.15, 0.2) is 36.5 Å². The van der Waals surface area contributed by atoms with Gasteiger partial charge in [-0.15, -0.1) is 11.3 Å². The number of amides is 1. The van der Waals surface area contributed by atoms with E-state index in [0.717, 1.165) is 47.6 Å². The van der Waals surface area contributed by atoms with Crippen LogP contribution < -0.4 is 5.32 Å². The van der Waals surface area contributed by atoms with Crippen molar-refractivity contribution in [1.29, 1.82) is 0 Å². The zero-order chi connectivity index (χ0) is 16.8. The van der Waals surface area contributed by atoms with E-state index in [1.54, 1.807) is 0 Å². The fourth-order valence-corrected chi connectivity index (χ4v) is 3.74. The van der Waals surface area contributed by atoms with Gasteiger partial charge in [-0.3, -0.25) is 19.6 Å². The Morgan fingerprint density at radius 2 is 1.96 bits per heavy atom. The molecule has 128 valence electrons. The highest BCUT2D eigenvalue weighted by molar-refractivity contribution is 7.16. The minimum Gasteiger partial charge on any atom is -0.350 e. The van der Waals surface area contributed by atoms with Gasteiger partial charge in [-0.05, 0) is 24.3 Å². The third-order valence-electron chi connectivity index (χ3n) is 4.03. The van der Waals surface area contributed by atoms with Crippen LogP contribution in [0, 0.1) is 0 Å². The van der Waals surface area contributed by atoms with Crippen LogP contribution in [0.1, 0.15) is 10.6 Å². The van der Waals surface area contributed by atoms with Crippen molar-refractivity contribution in [1.82, 2.24) is 20.1 Å². The van der Waals surface area contributed by atoms with E-state index in [1.165, 1.54) is 11.3 Å². The molecule has 0 unspecified atom stereocenters. The fraction of sp³-hybridized carbons (Fsp3) is 0.412. The molecule has 0 aliphatic carbocycles. The number of thiophene rings is 1. The Hall–Kier alpha value is -1.47. The number of rotatable bonds is 6. The van der Waals surface area contributed by atoms with Gasteiger partial charge in [0, 0.05) is 43.8 Å². The molecule has 0 spiro atoms. The van der Waals surface area contributed by atoms with Gasteiger partial charge in [0.15, 0.2) is 0 Å². The lowest BCUT2D eigenvalue weighted by Gasteiger charge is -2.34. The molecule has 3 rings (SSSR count). The Balaban J connectivity index is 1.36. The molecular formula is C17H21ClN4OS. The van der Waals surface area contributed by atoms with Crippen molar-refractivity contribution in [2.75, 3.05) is 32.7 Å². The molecule has 1 N–H and O–H groups in total. The van der Waals surface area contributed by atoms with Gasteiger partial charge in [0.25, 0.3) is 0 Å². The molecule has 2 aromatic heterocycles. The molecule has 0 radical (unpaired) electrons. The third-order valence-corrected chi connectivity index (χ3v) is 5.26. The first-order valence-corrected chi connectivity index (χ1v) is 9.24. The Bertz CT molecular complexity index is 656. The van der Waals surface area contributed by atoms with Crippen molar-refractivity contribution >= 4 is 28.8 Å². The van der Waals surface area contributed by atoms with E-state index < -0.39 is 0 Å². The maximum absolute atomic E-state index is 12.1. The predicted octanol–water partition coefficient (Wildman–Crippen LogP) is 2.23. The molecule has 5 nitrogen and oxygen atoms in total. The van der Waals surface area contributed by atoms with Crippen molar-refractivity contribution in [3.63, 3.8) is 0 Å². The van der Waals surface area contributed by atoms with Crippen LogP contribution in [0.4, 0.5) is 0 Å². The minimum absolute atomic E-state index is 0.0673. The van der Waals surface area contributed by atoms with E-state index >= 15 is 0 Å². The Kier molecular flexibility index (Phi) is 6.20. The van der Waals surface area contributed by atoms with E-state index in [2.05, 4.69) is 26.2 Å². The molecule has 24 heavy (non-hydrogen) atoms. The predicted molar refractivity (Wildman–Crippen MR) is 97.1 cm³/mol. The number of carbonyl (C=O) groups is 1.